The van der Waals surface area contributed by atoms with Crippen molar-refractivity contribution in [2.45, 2.75) is 25.8 Å². The molecule has 0 saturated carbocycles. The van der Waals surface area contributed by atoms with Crippen LogP contribution >= 0.6 is 0 Å². The SMILES string of the molecule is C[C@H](CNC(=O)c1cccc(N2NC(=O)[C@H]3CC=CC[C@H]3C2=O)c1)N1CCOCC1. The molecular weight excluding hydrogens is 384 g/mol. The van der Waals surface area contributed by atoms with Gasteiger partial charge in [-0.25, -0.2) is 5.01 Å². The number of carbonyl (C=O) groups excluding carboxylic acids is 3. The number of rotatable bonds is 5. The first kappa shape index (κ1) is 20.6. The Balaban J connectivity index is 1.42. The van der Waals surface area contributed by atoms with Gasteiger partial charge in [-0.3, -0.25) is 24.7 Å². The van der Waals surface area contributed by atoms with Gasteiger partial charge >= 0.3 is 0 Å². The molecule has 1 aromatic carbocycles. The van der Waals surface area contributed by atoms with Crippen LogP contribution in [0.5, 0.6) is 0 Å². The average molecular weight is 412 g/mol. The molecule has 30 heavy (non-hydrogen) atoms. The van der Waals surface area contributed by atoms with E-state index in [0.29, 0.717) is 43.9 Å². The molecule has 1 aliphatic carbocycles. The molecule has 3 aliphatic rings. The van der Waals surface area contributed by atoms with Crippen LogP contribution in [0.4, 0.5) is 5.69 Å². The zero-order chi connectivity index (χ0) is 21.1. The first-order valence-electron chi connectivity index (χ1n) is 10.5. The fourth-order valence-corrected chi connectivity index (χ4v) is 4.26. The highest BCUT2D eigenvalue weighted by atomic mass is 16.5. The lowest BCUT2D eigenvalue weighted by molar-refractivity contribution is -0.139. The zero-order valence-electron chi connectivity index (χ0n) is 17.2. The fourth-order valence-electron chi connectivity index (χ4n) is 4.26. The number of nitrogens with one attached hydrogen (secondary N) is 2. The second kappa shape index (κ2) is 8.97. The van der Waals surface area contributed by atoms with E-state index in [-0.39, 0.29) is 35.6 Å². The number of amides is 3. The third-order valence-corrected chi connectivity index (χ3v) is 6.12. The van der Waals surface area contributed by atoms with Crippen LogP contribution in [-0.4, -0.2) is 61.5 Å². The fraction of sp³-hybridized carbons (Fsp3) is 0.500. The summed E-state index contributed by atoms with van der Waals surface area (Å²) in [5.74, 6) is -1.16. The summed E-state index contributed by atoms with van der Waals surface area (Å²) < 4.78 is 5.37. The number of nitrogens with zero attached hydrogens (tertiary/aromatic N) is 2. The van der Waals surface area contributed by atoms with Crippen molar-refractivity contribution in [1.29, 1.82) is 0 Å². The van der Waals surface area contributed by atoms with Crippen molar-refractivity contribution >= 4 is 23.4 Å². The van der Waals surface area contributed by atoms with Gasteiger partial charge < -0.3 is 10.1 Å². The first-order chi connectivity index (χ1) is 14.5. The second-order valence-corrected chi connectivity index (χ2v) is 8.06. The first-order valence-corrected chi connectivity index (χ1v) is 10.5. The summed E-state index contributed by atoms with van der Waals surface area (Å²) in [4.78, 5) is 40.4. The Morgan fingerprint density at radius 2 is 1.93 bits per heavy atom. The lowest BCUT2D eigenvalue weighted by atomic mass is 9.80. The number of morpholine rings is 1. The van der Waals surface area contributed by atoms with Crippen molar-refractivity contribution < 1.29 is 19.1 Å². The van der Waals surface area contributed by atoms with Crippen molar-refractivity contribution in [3.8, 4) is 0 Å². The number of ether oxygens (including phenoxy) is 1. The molecule has 160 valence electrons. The number of anilines is 1. The van der Waals surface area contributed by atoms with Gasteiger partial charge in [-0.15, -0.1) is 0 Å². The van der Waals surface area contributed by atoms with Gasteiger partial charge in [-0.05, 0) is 38.0 Å². The summed E-state index contributed by atoms with van der Waals surface area (Å²) in [5, 5.41) is 4.26. The molecule has 0 bridgehead atoms. The number of fused-ring (bicyclic) bond motifs is 1. The molecule has 0 unspecified atom stereocenters. The van der Waals surface area contributed by atoms with E-state index in [9.17, 15) is 14.4 Å². The molecule has 2 N–H and O–H groups in total. The molecule has 0 spiro atoms. The number of benzene rings is 1. The molecule has 2 saturated heterocycles. The van der Waals surface area contributed by atoms with Gasteiger partial charge in [0.15, 0.2) is 0 Å². The average Bonchev–Trinajstić information content (AvgIpc) is 2.80. The summed E-state index contributed by atoms with van der Waals surface area (Å²) in [7, 11) is 0. The van der Waals surface area contributed by atoms with Crippen LogP contribution in [0.3, 0.4) is 0 Å². The third-order valence-electron chi connectivity index (χ3n) is 6.12. The van der Waals surface area contributed by atoms with Crippen molar-refractivity contribution in [3.05, 3.63) is 42.0 Å². The maximum atomic E-state index is 12.9. The van der Waals surface area contributed by atoms with Gasteiger partial charge in [-0.1, -0.05) is 18.2 Å². The molecule has 3 amide bonds. The van der Waals surface area contributed by atoms with Gasteiger partial charge in [-0.2, -0.15) is 0 Å². The number of carbonyl (C=O) groups is 3. The zero-order valence-corrected chi connectivity index (χ0v) is 17.2. The second-order valence-electron chi connectivity index (χ2n) is 8.06. The minimum atomic E-state index is -0.351. The molecule has 1 aromatic rings. The lowest BCUT2D eigenvalue weighted by Crippen LogP contribution is -2.59. The predicted octanol–water partition coefficient (Wildman–Crippen LogP) is 1.10. The van der Waals surface area contributed by atoms with Crippen LogP contribution in [0.2, 0.25) is 0 Å². The van der Waals surface area contributed by atoms with Crippen LogP contribution < -0.4 is 15.8 Å². The molecule has 0 radical (unpaired) electrons. The number of hydrogen-bond donors (Lipinski definition) is 2. The summed E-state index contributed by atoms with van der Waals surface area (Å²) >= 11 is 0. The lowest BCUT2D eigenvalue weighted by Gasteiger charge is -2.38. The van der Waals surface area contributed by atoms with E-state index in [4.69, 9.17) is 4.74 Å². The van der Waals surface area contributed by atoms with Crippen LogP contribution in [0.15, 0.2) is 36.4 Å². The van der Waals surface area contributed by atoms with Gasteiger partial charge in [0.25, 0.3) is 5.91 Å². The molecule has 8 nitrogen and oxygen atoms in total. The molecule has 3 atom stereocenters. The molecule has 0 aromatic heterocycles. The smallest absolute Gasteiger partial charge is 0.251 e. The van der Waals surface area contributed by atoms with E-state index in [1.54, 1.807) is 24.3 Å². The Hall–Kier alpha value is -2.71. The summed E-state index contributed by atoms with van der Waals surface area (Å²) in [6.45, 7) is 5.76. The minimum Gasteiger partial charge on any atom is -0.379 e. The van der Waals surface area contributed by atoms with Crippen LogP contribution in [0.25, 0.3) is 0 Å². The Bertz CT molecular complexity index is 849. The normalized spacial score (nSPS) is 25.4. The maximum Gasteiger partial charge on any atom is 0.251 e. The van der Waals surface area contributed by atoms with E-state index in [1.807, 2.05) is 12.2 Å². The Kier molecular flexibility index (Phi) is 6.15. The quantitative estimate of drug-likeness (QED) is 0.707. The van der Waals surface area contributed by atoms with E-state index in [1.165, 1.54) is 5.01 Å². The molecular formula is C22H28N4O4. The van der Waals surface area contributed by atoms with Crippen molar-refractivity contribution in [2.75, 3.05) is 37.9 Å². The number of hydrogen-bond acceptors (Lipinski definition) is 5. The van der Waals surface area contributed by atoms with Gasteiger partial charge in [0.05, 0.1) is 30.7 Å². The monoisotopic (exact) mass is 412 g/mol. The molecule has 2 fully saturated rings. The standard InChI is InChI=1S/C22H28N4O4/c1-15(25-9-11-30-12-10-25)14-23-20(27)16-5-4-6-17(13-16)26-22(29)19-8-3-2-7-18(19)21(28)24-26/h2-6,13,15,18-19H,7-12,14H2,1H3,(H,23,27)(H,24,28)/t15-,18+,19-/m1/s1. The molecule has 4 rings (SSSR count). The maximum absolute atomic E-state index is 12.9. The van der Waals surface area contributed by atoms with Gasteiger partial charge in [0.1, 0.15) is 0 Å². The Morgan fingerprint density at radius 3 is 2.70 bits per heavy atom. The summed E-state index contributed by atoms with van der Waals surface area (Å²) in [6, 6.07) is 7.01. The highest BCUT2D eigenvalue weighted by molar-refractivity contribution is 6.05. The van der Waals surface area contributed by atoms with Crippen molar-refractivity contribution in [3.63, 3.8) is 0 Å². The Labute approximate surface area is 176 Å². The van der Waals surface area contributed by atoms with Crippen LogP contribution in [0.1, 0.15) is 30.1 Å². The van der Waals surface area contributed by atoms with Crippen molar-refractivity contribution in [2.24, 2.45) is 11.8 Å². The largest absolute Gasteiger partial charge is 0.379 e. The van der Waals surface area contributed by atoms with Crippen molar-refractivity contribution in [1.82, 2.24) is 15.6 Å². The van der Waals surface area contributed by atoms with Gasteiger partial charge in [0, 0.05) is 31.2 Å². The molecule has 8 heteroatoms. The highest BCUT2D eigenvalue weighted by Gasteiger charge is 2.42. The van der Waals surface area contributed by atoms with Gasteiger partial charge in [0.2, 0.25) is 11.8 Å². The molecule has 2 aliphatic heterocycles. The third kappa shape index (κ3) is 4.24. The number of hydrazine groups is 1. The van der Waals surface area contributed by atoms with E-state index >= 15 is 0 Å². The van der Waals surface area contributed by atoms with E-state index in [0.717, 1.165) is 13.1 Å². The van der Waals surface area contributed by atoms with Crippen LogP contribution in [-0.2, 0) is 14.3 Å². The summed E-state index contributed by atoms with van der Waals surface area (Å²) in [5.41, 5.74) is 3.65. The highest BCUT2D eigenvalue weighted by Crippen LogP contribution is 2.32. The minimum absolute atomic E-state index is 0.137. The van der Waals surface area contributed by atoms with E-state index in [2.05, 4.69) is 22.6 Å². The predicted molar refractivity (Wildman–Crippen MR) is 112 cm³/mol. The topological polar surface area (TPSA) is 91.0 Å². The van der Waals surface area contributed by atoms with E-state index < -0.39 is 0 Å². The summed E-state index contributed by atoms with van der Waals surface area (Å²) in [6.07, 6.45) is 5.05. The van der Waals surface area contributed by atoms with Crippen LogP contribution in [0, 0.1) is 11.8 Å². The number of allylic oxidation sites excluding steroid dienone is 2. The molecule has 2 heterocycles. The Morgan fingerprint density at radius 1 is 1.20 bits per heavy atom.